The number of nitrogens with zero attached hydrogens (tertiary/aromatic N) is 1. The van der Waals surface area contributed by atoms with E-state index in [1.165, 1.54) is 24.1 Å². The fourth-order valence-corrected chi connectivity index (χ4v) is 2.76. The van der Waals surface area contributed by atoms with Gasteiger partial charge < -0.3 is 10.1 Å². The van der Waals surface area contributed by atoms with Crippen molar-refractivity contribution in [2.24, 2.45) is 5.92 Å². The lowest BCUT2D eigenvalue weighted by molar-refractivity contribution is 0.0394. The van der Waals surface area contributed by atoms with Crippen molar-refractivity contribution < 1.29 is 4.74 Å². The summed E-state index contributed by atoms with van der Waals surface area (Å²) < 4.78 is 5.62. The van der Waals surface area contributed by atoms with Gasteiger partial charge in [0.05, 0.1) is 6.61 Å². The average Bonchev–Trinajstić information content (AvgIpc) is 2.48. The van der Waals surface area contributed by atoms with Gasteiger partial charge in [0.2, 0.25) is 0 Å². The van der Waals surface area contributed by atoms with Crippen LogP contribution in [0.3, 0.4) is 0 Å². The maximum atomic E-state index is 5.62. The SMILES string of the molecule is CCNC(Cc1ccc(CC)cn1)C1CCCOC1. The van der Waals surface area contributed by atoms with E-state index in [-0.39, 0.29) is 0 Å². The molecule has 19 heavy (non-hydrogen) atoms. The number of pyridine rings is 1. The normalized spacial score (nSPS) is 21.3. The second kappa shape index (κ2) is 7.61. The molecule has 2 heterocycles. The standard InChI is InChI=1S/C16H26N2O/c1-3-13-7-8-15(18-11-13)10-16(17-4-2)14-6-5-9-19-12-14/h7-8,11,14,16-17H,3-6,9-10,12H2,1-2H3. The number of nitrogens with one attached hydrogen (secondary N) is 1. The summed E-state index contributed by atoms with van der Waals surface area (Å²) in [7, 11) is 0. The highest BCUT2D eigenvalue weighted by molar-refractivity contribution is 5.15. The van der Waals surface area contributed by atoms with Gasteiger partial charge in [-0.1, -0.05) is 19.9 Å². The van der Waals surface area contributed by atoms with Gasteiger partial charge in [-0.25, -0.2) is 0 Å². The maximum absolute atomic E-state index is 5.62. The molecule has 0 amide bonds. The Morgan fingerprint density at radius 3 is 2.89 bits per heavy atom. The summed E-state index contributed by atoms with van der Waals surface area (Å²) in [5, 5.41) is 3.61. The number of aryl methyl sites for hydroxylation is 1. The molecule has 1 aliphatic rings. The minimum Gasteiger partial charge on any atom is -0.381 e. The van der Waals surface area contributed by atoms with E-state index in [1.807, 2.05) is 6.20 Å². The van der Waals surface area contributed by atoms with E-state index < -0.39 is 0 Å². The van der Waals surface area contributed by atoms with Crippen LogP contribution in [0.1, 0.15) is 37.9 Å². The van der Waals surface area contributed by atoms with Crippen LogP contribution in [0.5, 0.6) is 0 Å². The molecule has 2 atom stereocenters. The van der Waals surface area contributed by atoms with Gasteiger partial charge in [0, 0.05) is 31.0 Å². The second-order valence-electron chi connectivity index (χ2n) is 5.36. The third-order valence-corrected chi connectivity index (χ3v) is 3.95. The fraction of sp³-hybridized carbons (Fsp3) is 0.688. The third kappa shape index (κ3) is 4.29. The minimum absolute atomic E-state index is 0.491. The van der Waals surface area contributed by atoms with Gasteiger partial charge in [0.1, 0.15) is 0 Å². The number of rotatable bonds is 6. The van der Waals surface area contributed by atoms with Crippen LogP contribution < -0.4 is 5.32 Å². The molecule has 0 aliphatic carbocycles. The zero-order valence-electron chi connectivity index (χ0n) is 12.2. The Morgan fingerprint density at radius 1 is 1.42 bits per heavy atom. The Morgan fingerprint density at radius 2 is 2.32 bits per heavy atom. The highest BCUT2D eigenvalue weighted by Crippen LogP contribution is 2.20. The Hall–Kier alpha value is -0.930. The van der Waals surface area contributed by atoms with Crippen molar-refractivity contribution in [3.8, 4) is 0 Å². The molecule has 0 radical (unpaired) electrons. The van der Waals surface area contributed by atoms with Crippen LogP contribution in [0.2, 0.25) is 0 Å². The van der Waals surface area contributed by atoms with Crippen molar-refractivity contribution in [1.29, 1.82) is 0 Å². The molecule has 106 valence electrons. The van der Waals surface area contributed by atoms with Gasteiger partial charge in [0.25, 0.3) is 0 Å². The summed E-state index contributed by atoms with van der Waals surface area (Å²) in [6.07, 6.45) is 6.53. The van der Waals surface area contributed by atoms with Crippen LogP contribution in [0.15, 0.2) is 18.3 Å². The molecular formula is C16H26N2O. The summed E-state index contributed by atoms with van der Waals surface area (Å²) >= 11 is 0. The molecule has 1 N–H and O–H groups in total. The Balaban J connectivity index is 1.97. The number of aromatic nitrogens is 1. The average molecular weight is 262 g/mol. The second-order valence-corrected chi connectivity index (χ2v) is 5.36. The molecule has 1 saturated heterocycles. The fourth-order valence-electron chi connectivity index (χ4n) is 2.76. The first kappa shape index (κ1) is 14.5. The van der Waals surface area contributed by atoms with Crippen molar-refractivity contribution >= 4 is 0 Å². The summed E-state index contributed by atoms with van der Waals surface area (Å²) in [6.45, 7) is 7.17. The molecule has 3 heteroatoms. The zero-order valence-corrected chi connectivity index (χ0v) is 12.2. The lowest BCUT2D eigenvalue weighted by Crippen LogP contribution is -2.41. The molecule has 0 aromatic carbocycles. The van der Waals surface area contributed by atoms with Crippen LogP contribution >= 0.6 is 0 Å². The molecule has 2 unspecified atom stereocenters. The van der Waals surface area contributed by atoms with Crippen molar-refractivity contribution in [2.45, 2.75) is 45.6 Å². The van der Waals surface area contributed by atoms with Gasteiger partial charge >= 0.3 is 0 Å². The van der Waals surface area contributed by atoms with Gasteiger partial charge in [0.15, 0.2) is 0 Å². The van der Waals surface area contributed by atoms with Crippen molar-refractivity contribution in [2.75, 3.05) is 19.8 Å². The first-order valence-corrected chi connectivity index (χ1v) is 7.58. The van der Waals surface area contributed by atoms with E-state index in [4.69, 9.17) is 4.74 Å². The molecule has 1 aromatic rings. The highest BCUT2D eigenvalue weighted by atomic mass is 16.5. The Kier molecular flexibility index (Phi) is 5.80. The summed E-state index contributed by atoms with van der Waals surface area (Å²) in [6, 6.07) is 4.86. The van der Waals surface area contributed by atoms with Gasteiger partial charge in [-0.15, -0.1) is 0 Å². The number of ether oxygens (including phenoxy) is 1. The van der Waals surface area contributed by atoms with Crippen LogP contribution in [0.4, 0.5) is 0 Å². The third-order valence-electron chi connectivity index (χ3n) is 3.95. The van der Waals surface area contributed by atoms with Crippen molar-refractivity contribution in [1.82, 2.24) is 10.3 Å². The largest absolute Gasteiger partial charge is 0.381 e. The monoisotopic (exact) mass is 262 g/mol. The van der Waals surface area contributed by atoms with E-state index in [0.717, 1.165) is 32.6 Å². The van der Waals surface area contributed by atoms with Gasteiger partial charge in [-0.05, 0) is 43.4 Å². The predicted molar refractivity (Wildman–Crippen MR) is 78.3 cm³/mol. The number of hydrogen-bond donors (Lipinski definition) is 1. The summed E-state index contributed by atoms with van der Waals surface area (Å²) in [4.78, 5) is 4.59. The minimum atomic E-state index is 0.491. The smallest absolute Gasteiger partial charge is 0.0509 e. The predicted octanol–water partition coefficient (Wildman–Crippen LogP) is 2.59. The van der Waals surface area contributed by atoms with E-state index in [1.54, 1.807) is 0 Å². The van der Waals surface area contributed by atoms with Crippen molar-refractivity contribution in [3.63, 3.8) is 0 Å². The highest BCUT2D eigenvalue weighted by Gasteiger charge is 2.24. The van der Waals surface area contributed by atoms with E-state index in [9.17, 15) is 0 Å². The summed E-state index contributed by atoms with van der Waals surface area (Å²) in [5.41, 5.74) is 2.50. The van der Waals surface area contributed by atoms with E-state index in [2.05, 4.69) is 36.3 Å². The molecule has 1 fully saturated rings. The molecular weight excluding hydrogens is 236 g/mol. The molecule has 3 nitrogen and oxygen atoms in total. The van der Waals surface area contributed by atoms with E-state index >= 15 is 0 Å². The molecule has 0 spiro atoms. The lowest BCUT2D eigenvalue weighted by Gasteiger charge is -2.30. The molecule has 1 aromatic heterocycles. The first-order valence-electron chi connectivity index (χ1n) is 7.58. The van der Waals surface area contributed by atoms with E-state index in [0.29, 0.717) is 12.0 Å². The van der Waals surface area contributed by atoms with Crippen LogP contribution in [0.25, 0.3) is 0 Å². The number of likely N-dealkylation sites (N-methyl/N-ethyl adjacent to an activating group) is 1. The lowest BCUT2D eigenvalue weighted by atomic mass is 9.90. The quantitative estimate of drug-likeness (QED) is 0.855. The molecule has 1 aliphatic heterocycles. The zero-order chi connectivity index (χ0) is 13.5. The number of hydrogen-bond acceptors (Lipinski definition) is 3. The van der Waals surface area contributed by atoms with Crippen LogP contribution in [-0.2, 0) is 17.6 Å². The maximum Gasteiger partial charge on any atom is 0.0509 e. The summed E-state index contributed by atoms with van der Waals surface area (Å²) in [5.74, 6) is 0.626. The van der Waals surface area contributed by atoms with Crippen molar-refractivity contribution in [3.05, 3.63) is 29.6 Å². The molecule has 0 saturated carbocycles. The Bertz CT molecular complexity index is 358. The van der Waals surface area contributed by atoms with Crippen LogP contribution in [0, 0.1) is 5.92 Å². The van der Waals surface area contributed by atoms with Gasteiger partial charge in [-0.3, -0.25) is 4.98 Å². The first-order chi connectivity index (χ1) is 9.33. The van der Waals surface area contributed by atoms with Gasteiger partial charge in [-0.2, -0.15) is 0 Å². The van der Waals surface area contributed by atoms with Crippen LogP contribution in [-0.4, -0.2) is 30.8 Å². The topological polar surface area (TPSA) is 34.2 Å². The molecule has 0 bridgehead atoms. The molecule has 2 rings (SSSR count). The Labute approximate surface area is 116 Å².